The number of nitrogens with zero attached hydrogens (tertiary/aromatic N) is 2. The number of amides is 1. The summed E-state index contributed by atoms with van der Waals surface area (Å²) >= 11 is 0. The maximum Gasteiger partial charge on any atom is 0.261 e. The van der Waals surface area contributed by atoms with Crippen molar-refractivity contribution in [2.24, 2.45) is 5.92 Å². The van der Waals surface area contributed by atoms with Crippen molar-refractivity contribution >= 4 is 31.6 Å². The van der Waals surface area contributed by atoms with Gasteiger partial charge in [0.2, 0.25) is 10.0 Å². The molecule has 43 heavy (non-hydrogen) atoms. The van der Waals surface area contributed by atoms with E-state index in [1.54, 1.807) is 6.92 Å². The Morgan fingerprint density at radius 2 is 1.79 bits per heavy atom. The maximum atomic E-state index is 14.1. The van der Waals surface area contributed by atoms with Gasteiger partial charge in [0.15, 0.2) is 0 Å². The molecule has 2 aromatic carbocycles. The van der Waals surface area contributed by atoms with Crippen molar-refractivity contribution in [2.75, 3.05) is 44.3 Å². The number of carbonyl (C=O) groups excluding carboxylic acids is 1. The molecule has 0 fully saturated rings. The summed E-state index contributed by atoms with van der Waals surface area (Å²) in [6, 6.07) is 8.10. The lowest BCUT2D eigenvalue weighted by Crippen LogP contribution is -2.47. The van der Waals surface area contributed by atoms with Gasteiger partial charge in [0, 0.05) is 38.3 Å². The van der Waals surface area contributed by atoms with E-state index in [-0.39, 0.29) is 53.6 Å². The van der Waals surface area contributed by atoms with Gasteiger partial charge in [-0.3, -0.25) is 9.52 Å². The third-order valence-electron chi connectivity index (χ3n) is 7.43. The molecule has 1 aliphatic heterocycles. The Kier molecular flexibility index (Phi) is 11.9. The molecule has 0 saturated heterocycles. The van der Waals surface area contributed by atoms with Crippen LogP contribution in [-0.2, 0) is 24.8 Å². The molecule has 2 N–H and O–H groups in total. The van der Waals surface area contributed by atoms with Crippen molar-refractivity contribution in [3.63, 3.8) is 0 Å². The number of aliphatic hydroxyl groups excluding tert-OH is 1. The van der Waals surface area contributed by atoms with Gasteiger partial charge in [0.05, 0.1) is 41.6 Å². The first-order valence-corrected chi connectivity index (χ1v) is 17.5. The number of benzene rings is 2. The Bertz CT molecular complexity index is 1450. The average molecular weight is 644 g/mol. The number of hydrogen-bond acceptors (Lipinski definition) is 8. The Hall–Kier alpha value is -2.78. The molecule has 0 radical (unpaired) electrons. The van der Waals surface area contributed by atoms with Crippen LogP contribution in [-0.4, -0.2) is 94.9 Å². The smallest absolute Gasteiger partial charge is 0.261 e. The number of fused-ring (bicyclic) bond motifs is 1. The fourth-order valence-corrected chi connectivity index (χ4v) is 6.13. The molecule has 240 valence electrons. The van der Waals surface area contributed by atoms with Gasteiger partial charge in [-0.1, -0.05) is 6.92 Å². The molecule has 0 unspecified atom stereocenters. The van der Waals surface area contributed by atoms with Crippen molar-refractivity contribution in [1.29, 1.82) is 0 Å². The van der Waals surface area contributed by atoms with Crippen LogP contribution in [0.1, 0.15) is 50.4 Å². The lowest BCUT2D eigenvalue weighted by Gasteiger charge is -2.35. The number of rotatable bonds is 8. The Balaban J connectivity index is 2.02. The predicted octanol–water partition coefficient (Wildman–Crippen LogP) is 3.31. The van der Waals surface area contributed by atoms with Gasteiger partial charge in [-0.05, 0) is 75.6 Å². The van der Waals surface area contributed by atoms with E-state index < -0.39 is 43.9 Å². The van der Waals surface area contributed by atoms with Gasteiger partial charge in [0.25, 0.3) is 15.9 Å². The first-order valence-electron chi connectivity index (χ1n) is 14.2. The van der Waals surface area contributed by atoms with Gasteiger partial charge in [-0.25, -0.2) is 25.5 Å². The van der Waals surface area contributed by atoms with Crippen LogP contribution < -0.4 is 9.46 Å². The molecule has 14 heteroatoms. The predicted molar refractivity (Wildman–Crippen MR) is 162 cm³/mol. The third kappa shape index (κ3) is 9.60. The molecule has 11 nitrogen and oxygen atoms in total. The van der Waals surface area contributed by atoms with Crippen LogP contribution in [0.2, 0.25) is 0 Å². The van der Waals surface area contributed by atoms with Gasteiger partial charge in [-0.2, -0.15) is 0 Å². The quantitative estimate of drug-likeness (QED) is 0.446. The number of nitrogens with one attached hydrogen (secondary N) is 1. The minimum absolute atomic E-state index is 0.0843. The molecule has 4 atom stereocenters. The number of likely N-dealkylation sites (N-methyl/N-ethyl adjacent to an activating group) is 1. The zero-order valence-electron chi connectivity index (χ0n) is 25.2. The summed E-state index contributed by atoms with van der Waals surface area (Å²) in [4.78, 5) is 15.4. The van der Waals surface area contributed by atoms with Crippen molar-refractivity contribution in [3.8, 4) is 5.75 Å². The third-order valence-corrected chi connectivity index (χ3v) is 10.1. The topological polar surface area (TPSA) is 143 Å². The summed E-state index contributed by atoms with van der Waals surface area (Å²) in [5.74, 6) is -1.17. The highest BCUT2D eigenvalue weighted by Crippen LogP contribution is 2.29. The van der Waals surface area contributed by atoms with Gasteiger partial charge >= 0.3 is 0 Å². The highest BCUT2D eigenvalue weighted by Gasteiger charge is 2.31. The molecule has 2 aromatic rings. The zero-order valence-corrected chi connectivity index (χ0v) is 26.8. The molecule has 3 rings (SSSR count). The normalized spacial score (nSPS) is 21.9. The molecule has 1 aliphatic rings. The molecule has 0 bridgehead atoms. The highest BCUT2D eigenvalue weighted by molar-refractivity contribution is 7.92. The summed E-state index contributed by atoms with van der Waals surface area (Å²) in [6.45, 7) is 5.64. The number of ether oxygens (including phenoxy) is 2. The molecule has 1 heterocycles. The standard InChI is InChI=1S/C29H42FN3O8S2/c1-20-17-33(21(2)19-34)29(35)26-16-24(31-43(38,39)25-12-9-23(30)10-13-25)11-14-27(26)41-22(3)8-6-7-15-40-28(20)18-32(4)42(5,36)37/h9-14,16,20-22,28,31,34H,6-8,15,17-19H2,1-5H3/t20-,21+,22+,28-/m0/s1. The lowest BCUT2D eigenvalue weighted by atomic mass is 10.0. The van der Waals surface area contributed by atoms with E-state index in [2.05, 4.69) is 4.72 Å². The van der Waals surface area contributed by atoms with Crippen LogP contribution in [0, 0.1) is 11.7 Å². The summed E-state index contributed by atoms with van der Waals surface area (Å²) in [7, 11) is -6.11. The summed E-state index contributed by atoms with van der Waals surface area (Å²) in [6.07, 6.45) is 2.42. The second-order valence-electron chi connectivity index (χ2n) is 11.1. The van der Waals surface area contributed by atoms with E-state index in [4.69, 9.17) is 9.47 Å². The van der Waals surface area contributed by atoms with Crippen LogP contribution >= 0.6 is 0 Å². The Morgan fingerprint density at radius 1 is 1.12 bits per heavy atom. The second-order valence-corrected chi connectivity index (χ2v) is 14.9. The number of hydrogen-bond donors (Lipinski definition) is 2. The van der Waals surface area contributed by atoms with E-state index in [0.29, 0.717) is 19.4 Å². The van der Waals surface area contributed by atoms with Crippen LogP contribution in [0.15, 0.2) is 47.4 Å². The maximum absolute atomic E-state index is 14.1. The molecule has 0 aromatic heterocycles. The summed E-state index contributed by atoms with van der Waals surface area (Å²) < 4.78 is 79.6. The SMILES string of the molecule is C[C@@H]1CCCCO[C@@H](CN(C)S(C)(=O)=O)[C@@H](C)CN([C@H](C)CO)C(=O)c2cc(NS(=O)(=O)c3ccc(F)cc3)ccc2O1. The molecular formula is C29H42FN3O8S2. The Labute approximate surface area is 254 Å². The fourth-order valence-electron chi connectivity index (χ4n) is 4.67. The first-order chi connectivity index (χ1) is 20.1. The van der Waals surface area contributed by atoms with E-state index >= 15 is 0 Å². The molecular weight excluding hydrogens is 601 g/mol. The minimum Gasteiger partial charge on any atom is -0.490 e. The van der Waals surface area contributed by atoms with Crippen LogP contribution in [0.5, 0.6) is 5.75 Å². The van der Waals surface area contributed by atoms with Crippen molar-refractivity contribution in [1.82, 2.24) is 9.21 Å². The van der Waals surface area contributed by atoms with E-state index in [9.17, 15) is 31.1 Å². The molecule has 0 spiro atoms. The highest BCUT2D eigenvalue weighted by atomic mass is 32.2. The van der Waals surface area contributed by atoms with Crippen molar-refractivity contribution in [3.05, 3.63) is 53.8 Å². The van der Waals surface area contributed by atoms with Crippen LogP contribution in [0.3, 0.4) is 0 Å². The van der Waals surface area contributed by atoms with E-state index in [1.807, 2.05) is 13.8 Å². The molecule has 1 amide bonds. The zero-order chi connectivity index (χ0) is 31.9. The van der Waals surface area contributed by atoms with E-state index in [0.717, 1.165) is 36.9 Å². The van der Waals surface area contributed by atoms with Crippen molar-refractivity contribution in [2.45, 2.75) is 63.2 Å². The summed E-state index contributed by atoms with van der Waals surface area (Å²) in [5.41, 5.74) is 0.177. The first kappa shape index (κ1) is 34.7. The van der Waals surface area contributed by atoms with Crippen LogP contribution in [0.4, 0.5) is 10.1 Å². The number of anilines is 1. The van der Waals surface area contributed by atoms with Crippen LogP contribution in [0.25, 0.3) is 0 Å². The van der Waals surface area contributed by atoms with Gasteiger partial charge in [-0.15, -0.1) is 0 Å². The monoisotopic (exact) mass is 643 g/mol. The number of aliphatic hydroxyl groups is 1. The molecule has 0 aliphatic carbocycles. The fraction of sp³-hybridized carbons (Fsp3) is 0.552. The lowest BCUT2D eigenvalue weighted by molar-refractivity contribution is -0.00828. The minimum atomic E-state index is -4.10. The largest absolute Gasteiger partial charge is 0.490 e. The number of halogens is 1. The number of carbonyl (C=O) groups is 1. The number of sulfonamides is 2. The molecule has 0 saturated carbocycles. The van der Waals surface area contributed by atoms with Gasteiger partial charge < -0.3 is 19.5 Å². The average Bonchev–Trinajstić information content (AvgIpc) is 2.94. The van der Waals surface area contributed by atoms with Gasteiger partial charge in [0.1, 0.15) is 11.6 Å². The Morgan fingerprint density at radius 3 is 2.42 bits per heavy atom. The van der Waals surface area contributed by atoms with E-state index in [1.165, 1.54) is 34.5 Å². The summed E-state index contributed by atoms with van der Waals surface area (Å²) in [5, 5.41) is 10.1. The second kappa shape index (κ2) is 14.8. The van der Waals surface area contributed by atoms with Crippen molar-refractivity contribution < 1.29 is 40.6 Å².